The molecule has 158 valence electrons. The maximum absolute atomic E-state index is 13.2. The Morgan fingerprint density at radius 1 is 0.875 bits per heavy atom. The minimum absolute atomic E-state index is 0.0270. The van der Waals surface area contributed by atoms with Gasteiger partial charge < -0.3 is 4.40 Å². The lowest BCUT2D eigenvalue weighted by atomic mass is 10.0. The first-order valence-electron chi connectivity index (χ1n) is 10.2. The van der Waals surface area contributed by atoms with E-state index >= 15 is 0 Å². The summed E-state index contributed by atoms with van der Waals surface area (Å²) in [5, 5.41) is 0.776. The van der Waals surface area contributed by atoms with Gasteiger partial charge in [-0.1, -0.05) is 30.3 Å². The second kappa shape index (κ2) is 8.01. The average Bonchev–Trinajstić information content (AvgIpc) is 3.30. The third kappa shape index (κ3) is 3.67. The van der Waals surface area contributed by atoms with Gasteiger partial charge in [0, 0.05) is 42.2 Å². The Hall–Kier alpha value is -3.84. The van der Waals surface area contributed by atoms with Gasteiger partial charge in [0.05, 0.1) is 15.3 Å². The van der Waals surface area contributed by atoms with E-state index in [9.17, 15) is 13.2 Å². The number of carbonyl (C=O) groups excluding carboxylic acids is 1. The number of sulfone groups is 1. The fourth-order valence-corrected chi connectivity index (χ4v) is 5.17. The Morgan fingerprint density at radius 2 is 1.69 bits per heavy atom. The van der Waals surface area contributed by atoms with Crippen molar-refractivity contribution in [2.24, 2.45) is 0 Å². The van der Waals surface area contributed by atoms with Crippen molar-refractivity contribution in [2.75, 3.05) is 0 Å². The summed E-state index contributed by atoms with van der Waals surface area (Å²) in [6.07, 6.45) is 7.71. The lowest BCUT2D eigenvalue weighted by molar-refractivity contribution is 0.0982. The molecule has 3 heterocycles. The summed E-state index contributed by atoms with van der Waals surface area (Å²) in [6, 6.07) is 19.1. The second-order valence-electron chi connectivity index (χ2n) is 7.51. The number of hydrogen-bond donors (Lipinski definition) is 0. The predicted molar refractivity (Wildman–Crippen MR) is 121 cm³/mol. The first-order valence-corrected chi connectivity index (χ1v) is 11.6. The highest BCUT2D eigenvalue weighted by Crippen LogP contribution is 2.27. The van der Waals surface area contributed by atoms with Crippen molar-refractivity contribution < 1.29 is 13.2 Å². The zero-order valence-corrected chi connectivity index (χ0v) is 17.9. The number of Topliss-reactive ketones (excluding diaryl/α,β-unsaturated/α-hetero) is 1. The molecule has 0 radical (unpaired) electrons. The first-order chi connectivity index (χ1) is 15.5. The van der Waals surface area contributed by atoms with E-state index in [1.54, 1.807) is 73.3 Å². The number of aryl methyl sites for hydroxylation is 1. The minimum atomic E-state index is -3.71. The van der Waals surface area contributed by atoms with Crippen LogP contribution in [0, 0.1) is 0 Å². The van der Waals surface area contributed by atoms with Gasteiger partial charge in [0.2, 0.25) is 9.84 Å². The van der Waals surface area contributed by atoms with Crippen LogP contribution in [0.3, 0.4) is 0 Å². The van der Waals surface area contributed by atoms with Crippen molar-refractivity contribution in [3.8, 4) is 0 Å². The van der Waals surface area contributed by atoms with E-state index in [1.165, 1.54) is 0 Å². The van der Waals surface area contributed by atoms with Gasteiger partial charge in [-0.15, -0.1) is 0 Å². The van der Waals surface area contributed by atoms with Crippen LogP contribution in [0.5, 0.6) is 0 Å². The molecule has 3 aromatic heterocycles. The van der Waals surface area contributed by atoms with E-state index < -0.39 is 9.84 Å². The van der Waals surface area contributed by atoms with Gasteiger partial charge in [-0.2, -0.15) is 0 Å². The number of ketones is 1. The summed E-state index contributed by atoms with van der Waals surface area (Å²) in [4.78, 5) is 21.4. The van der Waals surface area contributed by atoms with Crippen LogP contribution in [0.25, 0.3) is 16.6 Å². The van der Waals surface area contributed by atoms with Crippen LogP contribution >= 0.6 is 0 Å². The molecule has 0 bridgehead atoms. The van der Waals surface area contributed by atoms with E-state index in [0.717, 1.165) is 16.6 Å². The molecule has 5 aromatic rings. The molecule has 32 heavy (non-hydrogen) atoms. The maximum Gasteiger partial charge on any atom is 0.208 e. The molecule has 0 aliphatic carbocycles. The molecule has 0 amide bonds. The largest absolute Gasteiger partial charge is 0.306 e. The zero-order valence-electron chi connectivity index (χ0n) is 17.0. The Morgan fingerprint density at radius 3 is 2.53 bits per heavy atom. The number of fused-ring (bicyclic) bond motifs is 2. The summed E-state index contributed by atoms with van der Waals surface area (Å²) in [5.74, 6) is 0.0270. The Bertz CT molecular complexity index is 1550. The number of aromatic nitrogens is 3. The highest BCUT2D eigenvalue weighted by Gasteiger charge is 2.21. The van der Waals surface area contributed by atoms with Gasteiger partial charge in [0.15, 0.2) is 5.78 Å². The van der Waals surface area contributed by atoms with Crippen LogP contribution < -0.4 is 0 Å². The second-order valence-corrected chi connectivity index (χ2v) is 9.43. The summed E-state index contributed by atoms with van der Waals surface area (Å²) in [5.41, 5.74) is 2.77. The van der Waals surface area contributed by atoms with Gasteiger partial charge in [-0.3, -0.25) is 9.78 Å². The van der Waals surface area contributed by atoms with Gasteiger partial charge >= 0.3 is 0 Å². The lowest BCUT2D eigenvalue weighted by Gasteiger charge is -2.09. The lowest BCUT2D eigenvalue weighted by Crippen LogP contribution is -2.05. The van der Waals surface area contributed by atoms with Gasteiger partial charge in [0.1, 0.15) is 5.65 Å². The topological polar surface area (TPSA) is 81.4 Å². The monoisotopic (exact) mass is 441 g/mol. The van der Waals surface area contributed by atoms with Crippen LogP contribution in [-0.4, -0.2) is 28.6 Å². The summed E-state index contributed by atoms with van der Waals surface area (Å²) < 4.78 is 28.2. The van der Waals surface area contributed by atoms with Crippen LogP contribution in [0.1, 0.15) is 22.3 Å². The molecule has 0 atom stereocenters. The number of pyridine rings is 2. The number of para-hydroxylation sites is 1. The van der Waals surface area contributed by atoms with Crippen LogP contribution in [0.4, 0.5) is 0 Å². The van der Waals surface area contributed by atoms with Crippen LogP contribution in [0.2, 0.25) is 0 Å². The van der Waals surface area contributed by atoms with E-state index in [2.05, 4.69) is 9.97 Å². The number of carbonyl (C=O) groups is 1. The van der Waals surface area contributed by atoms with E-state index in [-0.39, 0.29) is 15.6 Å². The minimum Gasteiger partial charge on any atom is -0.306 e. The van der Waals surface area contributed by atoms with Crippen molar-refractivity contribution in [3.05, 3.63) is 103 Å². The number of hydrogen-bond acceptors (Lipinski definition) is 5. The third-order valence-electron chi connectivity index (χ3n) is 5.47. The van der Waals surface area contributed by atoms with Crippen LogP contribution in [-0.2, 0) is 16.3 Å². The molecule has 0 saturated heterocycles. The van der Waals surface area contributed by atoms with Crippen LogP contribution in [0.15, 0.2) is 101 Å². The fraction of sp³-hybridized carbons (Fsp3) is 0.0800. The first kappa shape index (κ1) is 20.1. The zero-order chi connectivity index (χ0) is 22.1. The van der Waals surface area contributed by atoms with Crippen molar-refractivity contribution in [2.45, 2.75) is 22.6 Å². The van der Waals surface area contributed by atoms with Crippen molar-refractivity contribution in [3.63, 3.8) is 0 Å². The SMILES string of the molecule is O=C(CCc1ccc(S(=O)(=O)c2cccc3cccnc23)cc1)c1ccc2nccn2c1. The smallest absolute Gasteiger partial charge is 0.208 e. The number of nitrogens with zero attached hydrogens (tertiary/aromatic N) is 3. The number of rotatable bonds is 6. The molecule has 0 fully saturated rings. The van der Waals surface area contributed by atoms with E-state index in [1.807, 2.05) is 22.6 Å². The number of benzene rings is 2. The molecule has 0 saturated carbocycles. The Labute approximate surface area is 185 Å². The number of imidazole rings is 1. The molecule has 0 spiro atoms. The fourth-order valence-electron chi connectivity index (χ4n) is 3.74. The molecule has 6 nitrogen and oxygen atoms in total. The summed E-state index contributed by atoms with van der Waals surface area (Å²) in [7, 11) is -3.71. The van der Waals surface area contributed by atoms with Crippen molar-refractivity contribution >= 4 is 32.2 Å². The maximum atomic E-state index is 13.2. The van der Waals surface area contributed by atoms with E-state index in [4.69, 9.17) is 0 Å². The Kier molecular flexibility index (Phi) is 5.03. The van der Waals surface area contributed by atoms with E-state index in [0.29, 0.717) is 23.9 Å². The molecule has 7 heteroatoms. The molecule has 0 aliphatic heterocycles. The molecule has 5 rings (SSSR count). The molecule has 0 aliphatic rings. The molecular weight excluding hydrogens is 422 g/mol. The standard InChI is InChI=1S/C25H19N3O3S/c29-22(20-9-13-24-26-15-16-28(24)17-20)12-8-18-6-10-21(11-7-18)32(30,31)23-5-1-3-19-4-2-14-27-25(19)23/h1-7,9-11,13-17H,8,12H2. The van der Waals surface area contributed by atoms with Crippen molar-refractivity contribution in [1.29, 1.82) is 0 Å². The average molecular weight is 442 g/mol. The molecular formula is C25H19N3O3S. The van der Waals surface area contributed by atoms with Gasteiger partial charge in [0.25, 0.3) is 0 Å². The third-order valence-corrected chi connectivity index (χ3v) is 7.27. The van der Waals surface area contributed by atoms with Gasteiger partial charge in [-0.05, 0) is 48.4 Å². The predicted octanol–water partition coefficient (Wildman–Crippen LogP) is 4.53. The Balaban J connectivity index is 1.34. The quantitative estimate of drug-likeness (QED) is 0.362. The van der Waals surface area contributed by atoms with Gasteiger partial charge in [-0.25, -0.2) is 13.4 Å². The summed E-state index contributed by atoms with van der Waals surface area (Å²) >= 11 is 0. The molecule has 0 N–H and O–H groups in total. The highest BCUT2D eigenvalue weighted by atomic mass is 32.2. The molecule has 0 unspecified atom stereocenters. The molecule has 2 aromatic carbocycles. The summed E-state index contributed by atoms with van der Waals surface area (Å²) in [6.45, 7) is 0. The van der Waals surface area contributed by atoms with Crippen molar-refractivity contribution in [1.82, 2.24) is 14.4 Å². The normalized spacial score (nSPS) is 11.8. The highest BCUT2D eigenvalue weighted by molar-refractivity contribution is 7.91.